The number of aryl methyl sites for hydroxylation is 1. The van der Waals surface area contributed by atoms with Crippen LogP contribution >= 0.6 is 0 Å². The molecule has 0 saturated carbocycles. The molecule has 4 heteroatoms. The minimum absolute atomic E-state index is 0.724. The Morgan fingerprint density at radius 2 is 1.79 bits per heavy atom. The lowest BCUT2D eigenvalue weighted by Crippen LogP contribution is -2.37. The number of aliphatic imine (C=N–C) groups is 1. The highest BCUT2D eigenvalue weighted by Crippen LogP contribution is 2.05. The molecule has 0 fully saturated rings. The highest BCUT2D eigenvalue weighted by molar-refractivity contribution is 5.79. The predicted molar refractivity (Wildman–Crippen MR) is 106 cm³/mol. The van der Waals surface area contributed by atoms with Gasteiger partial charge in [-0.2, -0.15) is 0 Å². The number of nitrogens with one attached hydrogen (secondary N) is 2. The zero-order valence-electron chi connectivity index (χ0n) is 16.1. The van der Waals surface area contributed by atoms with Crippen molar-refractivity contribution >= 4 is 5.96 Å². The lowest BCUT2D eigenvalue weighted by molar-refractivity contribution is 0.389. The van der Waals surface area contributed by atoms with Gasteiger partial charge >= 0.3 is 0 Å². The van der Waals surface area contributed by atoms with E-state index >= 15 is 0 Å². The van der Waals surface area contributed by atoms with Gasteiger partial charge in [0.2, 0.25) is 0 Å². The van der Waals surface area contributed by atoms with Gasteiger partial charge in [-0.25, -0.2) is 4.99 Å². The van der Waals surface area contributed by atoms with Crippen LogP contribution in [0.5, 0.6) is 0 Å². The number of nitrogens with zero attached hydrogens (tertiary/aromatic N) is 2. The highest BCUT2D eigenvalue weighted by Gasteiger charge is 1.98. The van der Waals surface area contributed by atoms with Crippen molar-refractivity contribution in [3.63, 3.8) is 0 Å². The third-order valence-electron chi connectivity index (χ3n) is 3.92. The summed E-state index contributed by atoms with van der Waals surface area (Å²) in [6.07, 6.45) is 6.46. The second-order valence-corrected chi connectivity index (χ2v) is 6.68. The third kappa shape index (κ3) is 10.3. The van der Waals surface area contributed by atoms with E-state index in [2.05, 4.69) is 72.7 Å². The van der Waals surface area contributed by atoms with Crippen molar-refractivity contribution in [2.45, 2.75) is 52.5 Å². The monoisotopic (exact) mass is 332 g/mol. The van der Waals surface area contributed by atoms with Crippen LogP contribution in [0.15, 0.2) is 29.3 Å². The molecular formula is C20H36N4. The first-order valence-corrected chi connectivity index (χ1v) is 9.34. The van der Waals surface area contributed by atoms with Crippen LogP contribution in [0, 0.1) is 6.92 Å². The molecule has 0 bridgehead atoms. The van der Waals surface area contributed by atoms with Gasteiger partial charge in [-0.1, -0.05) is 49.1 Å². The van der Waals surface area contributed by atoms with Crippen molar-refractivity contribution in [1.82, 2.24) is 15.5 Å². The number of hydrogen-bond acceptors (Lipinski definition) is 2. The number of unbranched alkanes of at least 4 members (excludes halogenated alkanes) is 4. The Morgan fingerprint density at radius 1 is 1.04 bits per heavy atom. The summed E-state index contributed by atoms with van der Waals surface area (Å²) in [5.74, 6) is 0.923. The van der Waals surface area contributed by atoms with E-state index in [1.165, 1.54) is 49.8 Å². The zero-order valence-corrected chi connectivity index (χ0v) is 16.1. The van der Waals surface area contributed by atoms with Gasteiger partial charge in [0.25, 0.3) is 0 Å². The number of hydrogen-bond donors (Lipinski definition) is 2. The van der Waals surface area contributed by atoms with Crippen molar-refractivity contribution < 1.29 is 0 Å². The molecule has 4 nitrogen and oxygen atoms in total. The minimum atomic E-state index is 0.724. The van der Waals surface area contributed by atoms with Gasteiger partial charge in [0.15, 0.2) is 5.96 Å². The van der Waals surface area contributed by atoms with E-state index < -0.39 is 0 Å². The maximum atomic E-state index is 4.68. The Bertz CT molecular complexity index is 468. The van der Waals surface area contributed by atoms with E-state index in [0.717, 1.165) is 25.6 Å². The maximum Gasteiger partial charge on any atom is 0.191 e. The molecule has 0 heterocycles. The molecule has 0 aliphatic carbocycles. The molecule has 1 aromatic carbocycles. The summed E-state index contributed by atoms with van der Waals surface area (Å²) >= 11 is 0. The molecule has 0 aliphatic rings. The van der Waals surface area contributed by atoms with Crippen LogP contribution in [0.3, 0.4) is 0 Å². The summed E-state index contributed by atoms with van der Waals surface area (Å²) in [5, 5.41) is 6.77. The Kier molecular flexibility index (Phi) is 10.9. The molecule has 0 amide bonds. The lowest BCUT2D eigenvalue weighted by atomic mass is 10.1. The standard InChI is InChI=1S/C20H36N4/c1-5-21-20(23-17-19-13-11-12-18(2)16-19)22-14-9-7-6-8-10-15-24(3)4/h11-13,16H,5-10,14-15,17H2,1-4H3,(H2,21,22,23). The van der Waals surface area contributed by atoms with Crippen LogP contribution in [-0.4, -0.2) is 44.6 Å². The molecule has 2 N–H and O–H groups in total. The molecule has 0 unspecified atom stereocenters. The van der Waals surface area contributed by atoms with Gasteiger partial charge in [-0.05, 0) is 52.9 Å². The van der Waals surface area contributed by atoms with Crippen LogP contribution in [0.25, 0.3) is 0 Å². The number of rotatable bonds is 11. The molecule has 0 aromatic heterocycles. The first-order chi connectivity index (χ1) is 11.6. The summed E-state index contributed by atoms with van der Waals surface area (Å²) in [6.45, 7) is 8.04. The molecule has 1 aromatic rings. The average molecular weight is 333 g/mol. The van der Waals surface area contributed by atoms with Crippen LogP contribution in [0.1, 0.15) is 50.2 Å². The highest BCUT2D eigenvalue weighted by atomic mass is 15.2. The van der Waals surface area contributed by atoms with E-state index in [1.54, 1.807) is 0 Å². The fourth-order valence-corrected chi connectivity index (χ4v) is 2.61. The fourth-order valence-electron chi connectivity index (χ4n) is 2.61. The van der Waals surface area contributed by atoms with Gasteiger partial charge in [0, 0.05) is 13.1 Å². The molecule has 1 rings (SSSR count). The van der Waals surface area contributed by atoms with Crippen LogP contribution in [0.4, 0.5) is 0 Å². The van der Waals surface area contributed by atoms with Crippen LogP contribution < -0.4 is 10.6 Å². The quantitative estimate of drug-likeness (QED) is 0.370. The molecule has 0 saturated heterocycles. The molecular weight excluding hydrogens is 296 g/mol. The van der Waals surface area contributed by atoms with Crippen LogP contribution in [0.2, 0.25) is 0 Å². The van der Waals surface area contributed by atoms with Gasteiger partial charge in [0.05, 0.1) is 6.54 Å². The normalized spacial score (nSPS) is 11.8. The molecule has 0 aliphatic heterocycles. The van der Waals surface area contributed by atoms with Crippen molar-refractivity contribution in [2.24, 2.45) is 4.99 Å². The smallest absolute Gasteiger partial charge is 0.191 e. The second kappa shape index (κ2) is 12.8. The van der Waals surface area contributed by atoms with Gasteiger partial charge in [-0.3, -0.25) is 0 Å². The maximum absolute atomic E-state index is 4.68. The first kappa shape index (κ1) is 20.5. The Morgan fingerprint density at radius 3 is 2.50 bits per heavy atom. The Balaban J connectivity index is 2.22. The fraction of sp³-hybridized carbons (Fsp3) is 0.650. The van der Waals surface area contributed by atoms with Crippen LogP contribution in [-0.2, 0) is 6.54 Å². The predicted octanol–water partition coefficient (Wildman–Crippen LogP) is 3.56. The van der Waals surface area contributed by atoms with Gasteiger partial charge in [-0.15, -0.1) is 0 Å². The topological polar surface area (TPSA) is 39.7 Å². The van der Waals surface area contributed by atoms with E-state index in [-0.39, 0.29) is 0 Å². The van der Waals surface area contributed by atoms with E-state index in [1.807, 2.05) is 0 Å². The second-order valence-electron chi connectivity index (χ2n) is 6.68. The largest absolute Gasteiger partial charge is 0.357 e. The van der Waals surface area contributed by atoms with Crippen molar-refractivity contribution in [2.75, 3.05) is 33.7 Å². The summed E-state index contributed by atoms with van der Waals surface area (Å²) in [5.41, 5.74) is 2.54. The van der Waals surface area contributed by atoms with Gasteiger partial charge < -0.3 is 15.5 Å². The van der Waals surface area contributed by atoms with Crippen molar-refractivity contribution in [3.8, 4) is 0 Å². The number of benzene rings is 1. The summed E-state index contributed by atoms with van der Waals surface area (Å²) in [4.78, 5) is 6.94. The average Bonchev–Trinajstić information content (AvgIpc) is 2.54. The number of guanidine groups is 1. The molecule has 0 radical (unpaired) electrons. The molecule has 136 valence electrons. The molecule has 24 heavy (non-hydrogen) atoms. The van der Waals surface area contributed by atoms with E-state index in [0.29, 0.717) is 0 Å². The Hall–Kier alpha value is -1.55. The summed E-state index contributed by atoms with van der Waals surface area (Å²) < 4.78 is 0. The SMILES string of the molecule is CCNC(=NCc1cccc(C)c1)NCCCCCCCN(C)C. The third-order valence-corrected chi connectivity index (χ3v) is 3.92. The molecule has 0 atom stereocenters. The Labute approximate surface area is 148 Å². The van der Waals surface area contributed by atoms with Crippen molar-refractivity contribution in [3.05, 3.63) is 35.4 Å². The van der Waals surface area contributed by atoms with Gasteiger partial charge in [0.1, 0.15) is 0 Å². The van der Waals surface area contributed by atoms with E-state index in [9.17, 15) is 0 Å². The summed E-state index contributed by atoms with van der Waals surface area (Å²) in [6, 6.07) is 8.54. The summed E-state index contributed by atoms with van der Waals surface area (Å²) in [7, 11) is 4.28. The molecule has 0 spiro atoms. The van der Waals surface area contributed by atoms with Crippen molar-refractivity contribution in [1.29, 1.82) is 0 Å². The first-order valence-electron chi connectivity index (χ1n) is 9.34. The lowest BCUT2D eigenvalue weighted by Gasteiger charge is -2.12. The minimum Gasteiger partial charge on any atom is -0.357 e. The zero-order chi connectivity index (χ0) is 17.6. The van der Waals surface area contributed by atoms with E-state index in [4.69, 9.17) is 0 Å².